The molecule has 1 aromatic carbocycles. The van der Waals surface area contributed by atoms with E-state index in [-0.39, 0.29) is 6.04 Å². The smallest absolute Gasteiger partial charge is 0.134 e. The van der Waals surface area contributed by atoms with Crippen LogP contribution >= 0.6 is 0 Å². The van der Waals surface area contributed by atoms with Gasteiger partial charge in [-0.25, -0.2) is 0 Å². The summed E-state index contributed by atoms with van der Waals surface area (Å²) in [5, 5.41) is 6.07. The van der Waals surface area contributed by atoms with Crippen molar-refractivity contribution in [1.29, 1.82) is 0 Å². The molecule has 14 heavy (non-hydrogen) atoms. The van der Waals surface area contributed by atoms with Crippen molar-refractivity contribution in [2.75, 3.05) is 12.4 Å². The van der Waals surface area contributed by atoms with Crippen LogP contribution in [0.15, 0.2) is 23.4 Å². The third kappa shape index (κ3) is 2.45. The maximum absolute atomic E-state index is 10.5. The summed E-state index contributed by atoms with van der Waals surface area (Å²) in [5.74, 6) is 0.633. The Balaban J connectivity index is 2.99. The van der Waals surface area contributed by atoms with Crippen molar-refractivity contribution in [3.63, 3.8) is 0 Å². The quantitative estimate of drug-likeness (QED) is 0.750. The van der Waals surface area contributed by atoms with Crippen LogP contribution < -0.4 is 10.1 Å². The Labute approximate surface area is 83.2 Å². The van der Waals surface area contributed by atoms with Crippen LogP contribution in [0.5, 0.6) is 5.75 Å². The van der Waals surface area contributed by atoms with Crippen LogP contribution in [0.3, 0.4) is 0 Å². The minimum Gasteiger partial charge on any atom is -0.497 e. The molecule has 4 heteroatoms. The summed E-state index contributed by atoms with van der Waals surface area (Å²) in [6, 6.07) is 5.45. The number of hydrogen-bond acceptors (Lipinski definition) is 4. The van der Waals surface area contributed by atoms with Crippen molar-refractivity contribution in [3.05, 3.63) is 23.1 Å². The number of benzene rings is 1. The molecule has 0 aliphatic heterocycles. The molecule has 76 valence electrons. The lowest BCUT2D eigenvalue weighted by Gasteiger charge is -2.11. The highest BCUT2D eigenvalue weighted by Gasteiger charge is 2.05. The molecular weight excluding hydrogens is 180 g/mol. The Morgan fingerprint density at radius 2 is 2.14 bits per heavy atom. The Bertz CT molecular complexity index is 324. The predicted octanol–water partition coefficient (Wildman–Crippen LogP) is 2.91. The van der Waals surface area contributed by atoms with Gasteiger partial charge in [0.1, 0.15) is 11.4 Å². The van der Waals surface area contributed by atoms with Gasteiger partial charge in [0.15, 0.2) is 0 Å². The van der Waals surface area contributed by atoms with Crippen LogP contribution in [-0.2, 0) is 0 Å². The third-order valence-electron chi connectivity index (χ3n) is 1.75. The van der Waals surface area contributed by atoms with E-state index in [0.717, 1.165) is 5.69 Å². The lowest BCUT2D eigenvalue weighted by Crippen LogP contribution is -2.09. The number of rotatable bonds is 4. The van der Waals surface area contributed by atoms with E-state index < -0.39 is 0 Å². The molecule has 0 fully saturated rings. The fourth-order valence-corrected chi connectivity index (χ4v) is 1.15. The molecule has 1 N–H and O–H groups in total. The van der Waals surface area contributed by atoms with E-state index in [1.54, 1.807) is 25.3 Å². The number of nitrogens with one attached hydrogen (secondary N) is 1. The number of hydrogen-bond donors (Lipinski definition) is 1. The van der Waals surface area contributed by atoms with Gasteiger partial charge in [-0.3, -0.25) is 0 Å². The normalized spacial score (nSPS) is 10.0. The van der Waals surface area contributed by atoms with Crippen molar-refractivity contribution in [1.82, 2.24) is 0 Å². The highest BCUT2D eigenvalue weighted by molar-refractivity contribution is 5.67. The summed E-state index contributed by atoms with van der Waals surface area (Å²) in [6.45, 7) is 4.00. The summed E-state index contributed by atoms with van der Waals surface area (Å²) in [4.78, 5) is 10.5. The molecule has 4 nitrogen and oxygen atoms in total. The molecular formula is C10H14N2O2. The Hall–Kier alpha value is -1.58. The van der Waals surface area contributed by atoms with Crippen LogP contribution in [-0.4, -0.2) is 13.2 Å². The molecule has 0 unspecified atom stereocenters. The van der Waals surface area contributed by atoms with Crippen molar-refractivity contribution in [3.8, 4) is 5.75 Å². The summed E-state index contributed by atoms with van der Waals surface area (Å²) >= 11 is 0. The maximum atomic E-state index is 10.5. The minimum atomic E-state index is 0.267. The zero-order chi connectivity index (χ0) is 10.6. The second-order valence-corrected chi connectivity index (χ2v) is 3.27. The van der Waals surface area contributed by atoms with Crippen LogP contribution in [0.1, 0.15) is 13.8 Å². The maximum Gasteiger partial charge on any atom is 0.134 e. The van der Waals surface area contributed by atoms with Gasteiger partial charge in [0.2, 0.25) is 0 Å². The zero-order valence-corrected chi connectivity index (χ0v) is 8.57. The molecule has 0 saturated carbocycles. The van der Waals surface area contributed by atoms with Gasteiger partial charge in [-0.05, 0) is 31.2 Å². The van der Waals surface area contributed by atoms with E-state index >= 15 is 0 Å². The molecule has 0 spiro atoms. The molecule has 0 atom stereocenters. The number of nitroso groups, excluding NO2 is 1. The van der Waals surface area contributed by atoms with E-state index in [9.17, 15) is 4.91 Å². The first kappa shape index (κ1) is 10.5. The van der Waals surface area contributed by atoms with Crippen LogP contribution in [0.4, 0.5) is 11.4 Å². The zero-order valence-electron chi connectivity index (χ0n) is 8.57. The number of methoxy groups -OCH3 is 1. The van der Waals surface area contributed by atoms with Crippen molar-refractivity contribution < 1.29 is 4.74 Å². The van der Waals surface area contributed by atoms with Gasteiger partial charge >= 0.3 is 0 Å². The van der Waals surface area contributed by atoms with Gasteiger partial charge in [-0.2, -0.15) is 0 Å². The predicted molar refractivity (Wildman–Crippen MR) is 57.2 cm³/mol. The standard InChI is InChI=1S/C10H14N2O2/c1-7(2)11-9-5-4-8(14-3)6-10(9)12-13/h4-7,11H,1-3H3. The van der Waals surface area contributed by atoms with Gasteiger partial charge < -0.3 is 10.1 Å². The van der Waals surface area contributed by atoms with E-state index in [2.05, 4.69) is 10.5 Å². The fraction of sp³-hybridized carbons (Fsp3) is 0.400. The number of anilines is 1. The highest BCUT2D eigenvalue weighted by atomic mass is 16.5. The highest BCUT2D eigenvalue weighted by Crippen LogP contribution is 2.29. The number of ether oxygens (including phenoxy) is 1. The Kier molecular flexibility index (Phi) is 3.45. The minimum absolute atomic E-state index is 0.267. The molecule has 1 aromatic rings. The van der Waals surface area contributed by atoms with Gasteiger partial charge in [0.05, 0.1) is 12.8 Å². The van der Waals surface area contributed by atoms with Crippen molar-refractivity contribution in [2.24, 2.45) is 5.18 Å². The van der Waals surface area contributed by atoms with Gasteiger partial charge in [-0.1, -0.05) is 0 Å². The molecule has 0 aromatic heterocycles. The average Bonchev–Trinajstić information content (AvgIpc) is 2.17. The van der Waals surface area contributed by atoms with Crippen LogP contribution in [0.2, 0.25) is 0 Å². The van der Waals surface area contributed by atoms with E-state index in [1.807, 2.05) is 13.8 Å². The summed E-state index contributed by atoms with van der Waals surface area (Å²) in [7, 11) is 1.56. The topological polar surface area (TPSA) is 50.7 Å². The number of nitrogens with zero attached hydrogens (tertiary/aromatic N) is 1. The molecule has 0 amide bonds. The molecule has 0 heterocycles. The molecule has 1 rings (SSSR count). The summed E-state index contributed by atoms with van der Waals surface area (Å²) in [5.41, 5.74) is 1.11. The van der Waals surface area contributed by atoms with Crippen LogP contribution in [0.25, 0.3) is 0 Å². The van der Waals surface area contributed by atoms with Gasteiger partial charge in [0, 0.05) is 12.1 Å². The third-order valence-corrected chi connectivity index (χ3v) is 1.75. The summed E-state index contributed by atoms with van der Waals surface area (Å²) in [6.07, 6.45) is 0. The first-order valence-electron chi connectivity index (χ1n) is 4.45. The average molecular weight is 194 g/mol. The fourth-order valence-electron chi connectivity index (χ4n) is 1.15. The second-order valence-electron chi connectivity index (χ2n) is 3.27. The lowest BCUT2D eigenvalue weighted by molar-refractivity contribution is 0.415. The molecule has 0 bridgehead atoms. The van der Waals surface area contributed by atoms with Gasteiger partial charge in [0.25, 0.3) is 0 Å². The van der Waals surface area contributed by atoms with Crippen LogP contribution in [0, 0.1) is 4.91 Å². The second kappa shape index (κ2) is 4.60. The lowest BCUT2D eigenvalue weighted by atomic mass is 10.2. The summed E-state index contributed by atoms with van der Waals surface area (Å²) < 4.78 is 4.99. The van der Waals surface area contributed by atoms with Crippen molar-refractivity contribution in [2.45, 2.75) is 19.9 Å². The molecule has 0 aliphatic rings. The molecule has 0 aliphatic carbocycles. The van der Waals surface area contributed by atoms with E-state index in [4.69, 9.17) is 4.74 Å². The van der Waals surface area contributed by atoms with Crippen molar-refractivity contribution >= 4 is 11.4 Å². The first-order valence-corrected chi connectivity index (χ1v) is 4.45. The molecule has 0 radical (unpaired) electrons. The largest absolute Gasteiger partial charge is 0.497 e. The first-order chi connectivity index (χ1) is 6.67. The van der Waals surface area contributed by atoms with Gasteiger partial charge in [-0.15, -0.1) is 4.91 Å². The molecule has 0 saturated heterocycles. The SMILES string of the molecule is COc1ccc(NC(C)C)c(N=O)c1. The monoisotopic (exact) mass is 194 g/mol. The van der Waals surface area contributed by atoms with E-state index in [1.165, 1.54) is 0 Å². The Morgan fingerprint density at radius 3 is 2.64 bits per heavy atom. The Morgan fingerprint density at radius 1 is 1.43 bits per heavy atom. The van der Waals surface area contributed by atoms with E-state index in [0.29, 0.717) is 11.4 Å².